The lowest BCUT2D eigenvalue weighted by Crippen LogP contribution is -2.30. The molecular formula is C23H20N2O4S. The standard InChI is InChI=1S/C23H20N2O4S/c1-2-14-3-9-17(10-4-14)24-23-25-21(26)20(30-23)13-18-11-12-19(29-18)15-5-7-16(8-6-15)22(27)28/h3-13,23-24H,2H2,1H3,(H,25,26)(H,27,28)/b20-13-/t23-/m0/s1. The number of hydrogen-bond acceptors (Lipinski definition) is 5. The van der Waals surface area contributed by atoms with Crippen LogP contribution in [0.3, 0.4) is 0 Å². The van der Waals surface area contributed by atoms with Gasteiger partial charge >= 0.3 is 5.97 Å². The summed E-state index contributed by atoms with van der Waals surface area (Å²) in [5, 5.41) is 15.2. The highest BCUT2D eigenvalue weighted by atomic mass is 32.2. The number of aromatic carboxylic acids is 1. The molecule has 1 aliphatic rings. The van der Waals surface area contributed by atoms with Gasteiger partial charge in [-0.05, 0) is 48.4 Å². The van der Waals surface area contributed by atoms with Crippen LogP contribution in [0.2, 0.25) is 0 Å². The minimum atomic E-state index is -0.972. The van der Waals surface area contributed by atoms with Crippen molar-refractivity contribution in [1.29, 1.82) is 0 Å². The van der Waals surface area contributed by atoms with Gasteiger partial charge < -0.3 is 20.2 Å². The lowest BCUT2D eigenvalue weighted by Gasteiger charge is -2.12. The first-order valence-corrected chi connectivity index (χ1v) is 10.4. The molecule has 0 aliphatic carbocycles. The number of rotatable bonds is 6. The summed E-state index contributed by atoms with van der Waals surface area (Å²) >= 11 is 1.39. The highest BCUT2D eigenvalue weighted by Gasteiger charge is 2.27. The van der Waals surface area contributed by atoms with E-state index in [1.807, 2.05) is 12.1 Å². The second kappa shape index (κ2) is 8.51. The predicted octanol–water partition coefficient (Wildman–Crippen LogP) is 4.81. The first-order valence-electron chi connectivity index (χ1n) is 9.50. The van der Waals surface area contributed by atoms with Gasteiger partial charge in [0, 0.05) is 17.3 Å². The summed E-state index contributed by atoms with van der Waals surface area (Å²) in [6.07, 6.45) is 2.69. The molecule has 1 aliphatic heterocycles. The van der Waals surface area contributed by atoms with E-state index in [4.69, 9.17) is 9.52 Å². The molecule has 1 fully saturated rings. The van der Waals surface area contributed by atoms with Crippen LogP contribution in [0.5, 0.6) is 0 Å². The number of carboxylic acids is 1. The van der Waals surface area contributed by atoms with Gasteiger partial charge in [-0.1, -0.05) is 43.0 Å². The fourth-order valence-corrected chi connectivity index (χ4v) is 4.01. The number of carbonyl (C=O) groups is 2. The van der Waals surface area contributed by atoms with Gasteiger partial charge in [0.15, 0.2) is 5.50 Å². The summed E-state index contributed by atoms with van der Waals surface area (Å²) in [6.45, 7) is 2.11. The quantitative estimate of drug-likeness (QED) is 0.496. The third-order valence-electron chi connectivity index (χ3n) is 4.71. The molecule has 2 heterocycles. The number of aryl methyl sites for hydroxylation is 1. The summed E-state index contributed by atoms with van der Waals surface area (Å²) in [6, 6.07) is 18.2. The summed E-state index contributed by atoms with van der Waals surface area (Å²) in [5.74, 6) is 0.0254. The van der Waals surface area contributed by atoms with Crippen molar-refractivity contribution >= 4 is 35.4 Å². The van der Waals surface area contributed by atoms with Crippen LogP contribution in [-0.4, -0.2) is 22.5 Å². The number of anilines is 1. The van der Waals surface area contributed by atoms with Gasteiger partial charge in [0.1, 0.15) is 11.5 Å². The molecule has 0 saturated carbocycles. The van der Waals surface area contributed by atoms with E-state index in [-0.39, 0.29) is 17.0 Å². The van der Waals surface area contributed by atoms with E-state index >= 15 is 0 Å². The van der Waals surface area contributed by atoms with Gasteiger partial charge in [0.25, 0.3) is 5.91 Å². The third-order valence-corrected chi connectivity index (χ3v) is 5.74. The molecule has 0 bridgehead atoms. The maximum atomic E-state index is 12.3. The average molecular weight is 420 g/mol. The van der Waals surface area contributed by atoms with Gasteiger partial charge in [0.05, 0.1) is 10.5 Å². The van der Waals surface area contributed by atoms with E-state index in [0.29, 0.717) is 16.4 Å². The summed E-state index contributed by atoms with van der Waals surface area (Å²) < 4.78 is 5.82. The number of thioether (sulfide) groups is 1. The highest BCUT2D eigenvalue weighted by molar-refractivity contribution is 8.05. The zero-order valence-electron chi connectivity index (χ0n) is 16.2. The second-order valence-electron chi connectivity index (χ2n) is 6.76. The minimum absolute atomic E-state index is 0.161. The van der Waals surface area contributed by atoms with Crippen molar-refractivity contribution in [3.63, 3.8) is 0 Å². The van der Waals surface area contributed by atoms with Crippen molar-refractivity contribution in [2.75, 3.05) is 5.32 Å². The maximum Gasteiger partial charge on any atom is 0.335 e. The van der Waals surface area contributed by atoms with Crippen molar-refractivity contribution in [3.05, 3.63) is 82.5 Å². The number of carbonyl (C=O) groups excluding carboxylic acids is 1. The van der Waals surface area contributed by atoms with Gasteiger partial charge in [-0.15, -0.1) is 0 Å². The SMILES string of the molecule is CCc1ccc(N[C@H]2NC(=O)/C(=C/c3ccc(-c4ccc(C(=O)O)cc4)o3)S2)cc1. The Morgan fingerprint density at radius 2 is 1.87 bits per heavy atom. The van der Waals surface area contributed by atoms with Crippen molar-refractivity contribution in [3.8, 4) is 11.3 Å². The maximum absolute atomic E-state index is 12.3. The van der Waals surface area contributed by atoms with Crippen LogP contribution in [0, 0.1) is 0 Å². The molecule has 152 valence electrons. The van der Waals surface area contributed by atoms with E-state index in [2.05, 4.69) is 29.7 Å². The zero-order valence-corrected chi connectivity index (χ0v) is 17.0. The van der Waals surface area contributed by atoms with Gasteiger partial charge in [-0.25, -0.2) is 4.79 Å². The Kier molecular flexibility index (Phi) is 5.63. The highest BCUT2D eigenvalue weighted by Crippen LogP contribution is 2.31. The van der Waals surface area contributed by atoms with Crippen LogP contribution in [0.15, 0.2) is 70.0 Å². The van der Waals surface area contributed by atoms with Crippen LogP contribution in [0.1, 0.15) is 28.6 Å². The average Bonchev–Trinajstić information content (AvgIpc) is 3.35. The summed E-state index contributed by atoms with van der Waals surface area (Å²) in [4.78, 5) is 23.8. The molecule has 3 aromatic rings. The Hall–Kier alpha value is -3.45. The summed E-state index contributed by atoms with van der Waals surface area (Å²) in [5.41, 5.74) is 2.93. The minimum Gasteiger partial charge on any atom is -0.478 e. The molecular weight excluding hydrogens is 400 g/mol. The number of amides is 1. The predicted molar refractivity (Wildman–Crippen MR) is 118 cm³/mol. The fourth-order valence-electron chi connectivity index (χ4n) is 3.05. The summed E-state index contributed by atoms with van der Waals surface area (Å²) in [7, 11) is 0. The van der Waals surface area contributed by atoms with Crippen molar-refractivity contribution < 1.29 is 19.1 Å². The molecule has 0 unspecified atom stereocenters. The molecule has 1 amide bonds. The zero-order chi connectivity index (χ0) is 21.1. The molecule has 1 aromatic heterocycles. The molecule has 0 radical (unpaired) electrons. The molecule has 1 saturated heterocycles. The smallest absolute Gasteiger partial charge is 0.335 e. The van der Waals surface area contributed by atoms with E-state index in [1.165, 1.54) is 29.5 Å². The Balaban J connectivity index is 1.44. The normalized spacial score (nSPS) is 17.2. The first-order chi connectivity index (χ1) is 14.5. The molecule has 6 nitrogen and oxygen atoms in total. The molecule has 4 rings (SSSR count). The van der Waals surface area contributed by atoms with Crippen LogP contribution < -0.4 is 10.6 Å². The molecule has 1 atom stereocenters. The number of hydrogen-bond donors (Lipinski definition) is 3. The molecule has 2 aromatic carbocycles. The number of nitrogens with one attached hydrogen (secondary N) is 2. The van der Waals surface area contributed by atoms with Gasteiger partial charge in [-0.3, -0.25) is 4.79 Å². The molecule has 7 heteroatoms. The fraction of sp³-hybridized carbons (Fsp3) is 0.130. The van der Waals surface area contributed by atoms with Crippen LogP contribution >= 0.6 is 11.8 Å². The van der Waals surface area contributed by atoms with Crippen LogP contribution in [0.25, 0.3) is 17.4 Å². The van der Waals surface area contributed by atoms with E-state index in [9.17, 15) is 9.59 Å². The van der Waals surface area contributed by atoms with E-state index < -0.39 is 5.97 Å². The molecule has 0 spiro atoms. The molecule has 3 N–H and O–H groups in total. The Morgan fingerprint density at radius 3 is 2.53 bits per heavy atom. The van der Waals surface area contributed by atoms with Gasteiger partial charge in [-0.2, -0.15) is 0 Å². The van der Waals surface area contributed by atoms with E-state index in [1.54, 1.807) is 30.3 Å². The Labute approximate surface area is 178 Å². The third kappa shape index (κ3) is 4.41. The topological polar surface area (TPSA) is 91.6 Å². The molecule has 30 heavy (non-hydrogen) atoms. The lowest BCUT2D eigenvalue weighted by molar-refractivity contribution is -0.116. The van der Waals surface area contributed by atoms with Crippen LogP contribution in [-0.2, 0) is 11.2 Å². The van der Waals surface area contributed by atoms with E-state index in [0.717, 1.165) is 17.7 Å². The second-order valence-corrected chi connectivity index (χ2v) is 7.91. The number of carboxylic acid groups (broad SMARTS) is 1. The van der Waals surface area contributed by atoms with Crippen molar-refractivity contribution in [1.82, 2.24) is 5.32 Å². The Bertz CT molecular complexity index is 1100. The van der Waals surface area contributed by atoms with Gasteiger partial charge in [0.2, 0.25) is 0 Å². The van der Waals surface area contributed by atoms with Crippen molar-refractivity contribution in [2.24, 2.45) is 0 Å². The number of furan rings is 1. The van der Waals surface area contributed by atoms with Crippen LogP contribution in [0.4, 0.5) is 5.69 Å². The first kappa shape index (κ1) is 19.8. The largest absolute Gasteiger partial charge is 0.478 e. The monoisotopic (exact) mass is 420 g/mol. The Morgan fingerprint density at radius 1 is 1.13 bits per heavy atom. The number of benzene rings is 2. The van der Waals surface area contributed by atoms with Crippen molar-refractivity contribution in [2.45, 2.75) is 18.8 Å². The lowest BCUT2D eigenvalue weighted by atomic mass is 10.1.